The van der Waals surface area contributed by atoms with Gasteiger partial charge in [-0.1, -0.05) is 0 Å². The molecule has 0 unspecified atom stereocenters. The van der Waals surface area contributed by atoms with Crippen molar-refractivity contribution < 1.29 is 19.4 Å². The fraction of sp³-hybridized carbons (Fsp3) is 0.462. The van der Waals surface area contributed by atoms with Crippen LogP contribution in [0.4, 0.5) is 5.69 Å². The average molecular weight is 251 g/mol. The summed E-state index contributed by atoms with van der Waals surface area (Å²) >= 11 is 0. The second kappa shape index (κ2) is 4.96. The Balaban J connectivity index is 2.10. The summed E-state index contributed by atoms with van der Waals surface area (Å²) in [5.74, 6) is 0.567. The van der Waals surface area contributed by atoms with E-state index in [1.54, 1.807) is 19.2 Å². The lowest BCUT2D eigenvalue weighted by atomic mass is 9.86. The zero-order valence-corrected chi connectivity index (χ0v) is 10.5. The summed E-state index contributed by atoms with van der Waals surface area (Å²) in [6.45, 7) is 2.24. The minimum atomic E-state index is -0.784. The van der Waals surface area contributed by atoms with Crippen LogP contribution in [0.3, 0.4) is 0 Å². The zero-order valence-electron chi connectivity index (χ0n) is 10.5. The highest BCUT2D eigenvalue weighted by atomic mass is 16.5. The molecule has 1 fully saturated rings. The van der Waals surface area contributed by atoms with E-state index in [1.165, 1.54) is 0 Å². The molecular formula is C13H17NO4. The Hall–Kier alpha value is -1.59. The van der Waals surface area contributed by atoms with Crippen LogP contribution in [0.5, 0.6) is 5.75 Å². The van der Waals surface area contributed by atoms with E-state index in [1.807, 2.05) is 13.0 Å². The summed E-state index contributed by atoms with van der Waals surface area (Å²) in [5, 5.41) is 12.1. The summed E-state index contributed by atoms with van der Waals surface area (Å²) in [7, 11) is 1.60. The molecule has 0 bridgehead atoms. The van der Waals surface area contributed by atoms with Crippen LogP contribution in [-0.4, -0.2) is 37.9 Å². The first kappa shape index (κ1) is 12.9. The Labute approximate surface area is 106 Å². The molecule has 2 rings (SSSR count). The fourth-order valence-electron chi connectivity index (χ4n) is 1.86. The summed E-state index contributed by atoms with van der Waals surface area (Å²) in [4.78, 5) is 12.0. The van der Waals surface area contributed by atoms with Crippen molar-refractivity contribution in [3.05, 3.63) is 23.8 Å². The number of carbonyl (C=O) groups is 1. The van der Waals surface area contributed by atoms with E-state index in [9.17, 15) is 9.90 Å². The molecule has 1 aromatic carbocycles. The van der Waals surface area contributed by atoms with Crippen molar-refractivity contribution in [2.45, 2.75) is 6.92 Å². The van der Waals surface area contributed by atoms with Crippen LogP contribution in [0, 0.1) is 12.3 Å². The molecule has 2 N–H and O–H groups in total. The highest BCUT2D eigenvalue weighted by molar-refractivity contribution is 5.96. The van der Waals surface area contributed by atoms with Crippen molar-refractivity contribution in [1.29, 1.82) is 0 Å². The van der Waals surface area contributed by atoms with Gasteiger partial charge in [0.2, 0.25) is 5.91 Å². The van der Waals surface area contributed by atoms with E-state index in [0.717, 1.165) is 11.3 Å². The standard InChI is InChI=1S/C13H17NO4/c1-9-5-10(3-4-11(9)17-2)14-12(16)13(6-15)7-18-8-13/h3-5,15H,6-8H2,1-2H3,(H,14,16). The third-order valence-electron chi connectivity index (χ3n) is 3.19. The van der Waals surface area contributed by atoms with Gasteiger partial charge in [0.1, 0.15) is 11.2 Å². The molecule has 5 heteroatoms. The predicted molar refractivity (Wildman–Crippen MR) is 66.7 cm³/mol. The van der Waals surface area contributed by atoms with Gasteiger partial charge < -0.3 is 19.9 Å². The maximum Gasteiger partial charge on any atom is 0.237 e. The number of carbonyl (C=O) groups excluding carboxylic acids is 1. The van der Waals surface area contributed by atoms with Crippen LogP contribution in [0.25, 0.3) is 0 Å². The molecule has 1 aliphatic heterocycles. The lowest BCUT2D eigenvalue weighted by Gasteiger charge is -2.38. The lowest BCUT2D eigenvalue weighted by molar-refractivity contribution is -0.164. The maximum absolute atomic E-state index is 12.0. The van der Waals surface area contributed by atoms with Gasteiger partial charge in [-0.25, -0.2) is 0 Å². The fourth-order valence-corrected chi connectivity index (χ4v) is 1.86. The first-order valence-corrected chi connectivity index (χ1v) is 5.76. The van der Waals surface area contributed by atoms with Crippen molar-refractivity contribution in [3.8, 4) is 5.75 Å². The molecule has 0 radical (unpaired) electrons. The van der Waals surface area contributed by atoms with E-state index < -0.39 is 5.41 Å². The number of amides is 1. The topological polar surface area (TPSA) is 67.8 Å². The number of aliphatic hydroxyl groups excluding tert-OH is 1. The Kier molecular flexibility index (Phi) is 3.54. The smallest absolute Gasteiger partial charge is 0.237 e. The maximum atomic E-state index is 12.0. The summed E-state index contributed by atoms with van der Waals surface area (Å²) in [6.07, 6.45) is 0. The van der Waals surface area contributed by atoms with E-state index in [2.05, 4.69) is 5.32 Å². The average Bonchev–Trinajstić information content (AvgIpc) is 2.28. The van der Waals surface area contributed by atoms with Gasteiger partial charge in [-0.2, -0.15) is 0 Å². The number of anilines is 1. The molecule has 5 nitrogen and oxygen atoms in total. The van der Waals surface area contributed by atoms with Gasteiger partial charge >= 0.3 is 0 Å². The Morgan fingerprint density at radius 2 is 2.28 bits per heavy atom. The molecule has 0 spiro atoms. The molecular weight excluding hydrogens is 234 g/mol. The van der Waals surface area contributed by atoms with Crippen LogP contribution in [0.2, 0.25) is 0 Å². The third-order valence-corrected chi connectivity index (χ3v) is 3.19. The van der Waals surface area contributed by atoms with Gasteiger partial charge in [0.15, 0.2) is 0 Å². The molecule has 0 aromatic heterocycles. The molecule has 1 saturated heterocycles. The van der Waals surface area contributed by atoms with E-state index in [4.69, 9.17) is 9.47 Å². The first-order valence-electron chi connectivity index (χ1n) is 5.76. The molecule has 0 saturated carbocycles. The normalized spacial score (nSPS) is 16.8. The monoisotopic (exact) mass is 251 g/mol. The second-order valence-corrected chi connectivity index (χ2v) is 4.57. The van der Waals surface area contributed by atoms with Gasteiger partial charge in [0.25, 0.3) is 0 Å². The molecule has 1 aromatic rings. The summed E-state index contributed by atoms with van der Waals surface area (Å²) < 4.78 is 10.2. The van der Waals surface area contributed by atoms with Gasteiger partial charge in [-0.15, -0.1) is 0 Å². The Bertz CT molecular complexity index is 449. The number of hydrogen-bond donors (Lipinski definition) is 2. The predicted octanol–water partition coefficient (Wildman–Crippen LogP) is 0.951. The van der Waals surface area contributed by atoms with Crippen LogP contribution >= 0.6 is 0 Å². The van der Waals surface area contributed by atoms with Crippen molar-refractivity contribution in [3.63, 3.8) is 0 Å². The van der Waals surface area contributed by atoms with Gasteiger partial charge in [0.05, 0.1) is 26.9 Å². The van der Waals surface area contributed by atoms with E-state index in [0.29, 0.717) is 5.69 Å². The third kappa shape index (κ3) is 2.19. The second-order valence-electron chi connectivity index (χ2n) is 4.57. The molecule has 0 aliphatic carbocycles. The number of aryl methyl sites for hydroxylation is 1. The molecule has 18 heavy (non-hydrogen) atoms. The number of hydrogen-bond acceptors (Lipinski definition) is 4. The minimum absolute atomic E-state index is 0.200. The number of ether oxygens (including phenoxy) is 2. The van der Waals surface area contributed by atoms with Crippen molar-refractivity contribution in [2.24, 2.45) is 5.41 Å². The number of rotatable bonds is 4. The zero-order chi connectivity index (χ0) is 13.2. The largest absolute Gasteiger partial charge is 0.496 e. The van der Waals surface area contributed by atoms with Gasteiger partial charge in [-0.05, 0) is 30.7 Å². The molecule has 1 aliphatic rings. The van der Waals surface area contributed by atoms with Crippen LogP contribution < -0.4 is 10.1 Å². The number of methoxy groups -OCH3 is 1. The molecule has 98 valence electrons. The van der Waals surface area contributed by atoms with E-state index >= 15 is 0 Å². The Morgan fingerprint density at radius 1 is 1.56 bits per heavy atom. The SMILES string of the molecule is COc1ccc(NC(=O)C2(CO)COC2)cc1C. The first-order chi connectivity index (χ1) is 8.61. The Morgan fingerprint density at radius 3 is 2.72 bits per heavy atom. The lowest BCUT2D eigenvalue weighted by Crippen LogP contribution is -2.54. The van der Waals surface area contributed by atoms with Crippen molar-refractivity contribution in [1.82, 2.24) is 0 Å². The molecule has 1 heterocycles. The highest BCUT2D eigenvalue weighted by Gasteiger charge is 2.45. The van der Waals surface area contributed by atoms with Crippen molar-refractivity contribution in [2.75, 3.05) is 32.2 Å². The summed E-state index contributed by atoms with van der Waals surface area (Å²) in [6, 6.07) is 5.41. The molecule has 1 amide bonds. The quantitative estimate of drug-likeness (QED) is 0.836. The summed E-state index contributed by atoms with van der Waals surface area (Å²) in [5.41, 5.74) is 0.852. The highest BCUT2D eigenvalue weighted by Crippen LogP contribution is 2.29. The van der Waals surface area contributed by atoms with Gasteiger partial charge in [0, 0.05) is 5.69 Å². The van der Waals surface area contributed by atoms with Gasteiger partial charge in [-0.3, -0.25) is 4.79 Å². The van der Waals surface area contributed by atoms with Crippen LogP contribution in [0.1, 0.15) is 5.56 Å². The van der Waals surface area contributed by atoms with Crippen LogP contribution in [0.15, 0.2) is 18.2 Å². The van der Waals surface area contributed by atoms with Crippen LogP contribution in [-0.2, 0) is 9.53 Å². The number of benzene rings is 1. The number of aliphatic hydroxyl groups is 1. The van der Waals surface area contributed by atoms with Crippen molar-refractivity contribution >= 4 is 11.6 Å². The number of nitrogens with one attached hydrogen (secondary N) is 1. The minimum Gasteiger partial charge on any atom is -0.496 e. The van der Waals surface area contributed by atoms with E-state index in [-0.39, 0.29) is 25.7 Å². The molecule has 0 atom stereocenters.